The van der Waals surface area contributed by atoms with Crippen LogP contribution in [0.1, 0.15) is 33.6 Å². The van der Waals surface area contributed by atoms with Crippen molar-refractivity contribution in [2.24, 2.45) is 0 Å². The van der Waals surface area contributed by atoms with Crippen molar-refractivity contribution < 1.29 is 13.5 Å². The van der Waals surface area contributed by atoms with E-state index < -0.39 is 11.6 Å². The summed E-state index contributed by atoms with van der Waals surface area (Å²) in [5.41, 5.74) is 0. The lowest BCUT2D eigenvalue weighted by molar-refractivity contribution is 0.200. The maximum absolute atomic E-state index is 13.3. The van der Waals surface area contributed by atoms with Gasteiger partial charge in [-0.05, 0) is 31.9 Å². The van der Waals surface area contributed by atoms with Gasteiger partial charge in [-0.1, -0.05) is 13.8 Å². The molecule has 0 saturated heterocycles. The maximum Gasteiger partial charge on any atom is 0.165 e. The number of halogens is 2. The van der Waals surface area contributed by atoms with Crippen molar-refractivity contribution in [2.45, 2.75) is 45.8 Å². The molecule has 1 atom stereocenters. The van der Waals surface area contributed by atoms with Gasteiger partial charge in [-0.3, -0.25) is 0 Å². The first-order chi connectivity index (χ1) is 8.56. The second-order valence-electron chi connectivity index (χ2n) is 4.42. The highest BCUT2D eigenvalue weighted by molar-refractivity contribution is 5.25. The largest absolute Gasteiger partial charge is 0.486 e. The predicted molar refractivity (Wildman–Crippen MR) is 68.8 cm³/mol. The van der Waals surface area contributed by atoms with Crippen molar-refractivity contribution >= 4 is 0 Å². The molecule has 0 aliphatic heterocycles. The molecular formula is C14H21F2NO. The van der Waals surface area contributed by atoms with Crippen molar-refractivity contribution in [1.29, 1.82) is 0 Å². The standard InChI is InChI=1S/C14H21F2NO/c1-4-12(5-2)17-9-10(3)18-14-8-11(15)6-7-13(14)16/h6-8,10,12,17H,4-5,9H2,1-3H3. The quantitative estimate of drug-likeness (QED) is 0.807. The Morgan fingerprint density at radius 3 is 2.50 bits per heavy atom. The summed E-state index contributed by atoms with van der Waals surface area (Å²) in [4.78, 5) is 0. The van der Waals surface area contributed by atoms with Gasteiger partial charge in [0.25, 0.3) is 0 Å². The molecule has 0 aliphatic rings. The highest BCUT2D eigenvalue weighted by atomic mass is 19.1. The van der Waals surface area contributed by atoms with Gasteiger partial charge in [0.2, 0.25) is 0 Å². The normalized spacial score (nSPS) is 12.8. The first kappa shape index (κ1) is 14.9. The molecule has 0 radical (unpaired) electrons. The summed E-state index contributed by atoms with van der Waals surface area (Å²) >= 11 is 0. The zero-order valence-electron chi connectivity index (χ0n) is 11.2. The van der Waals surface area contributed by atoms with Crippen molar-refractivity contribution in [3.8, 4) is 5.75 Å². The Kier molecular flexibility index (Phi) is 6.05. The molecule has 1 unspecified atom stereocenters. The highest BCUT2D eigenvalue weighted by Crippen LogP contribution is 2.19. The second kappa shape index (κ2) is 7.31. The minimum absolute atomic E-state index is 0.0335. The Labute approximate surface area is 107 Å². The summed E-state index contributed by atoms with van der Waals surface area (Å²) in [7, 11) is 0. The third-order valence-corrected chi connectivity index (χ3v) is 2.90. The molecule has 2 nitrogen and oxygen atoms in total. The van der Waals surface area contributed by atoms with Crippen LogP contribution in [0.5, 0.6) is 5.75 Å². The molecule has 1 aromatic carbocycles. The summed E-state index contributed by atoms with van der Waals surface area (Å²) in [5.74, 6) is -1.06. The van der Waals surface area contributed by atoms with E-state index in [0.717, 1.165) is 31.0 Å². The number of hydrogen-bond donors (Lipinski definition) is 1. The highest BCUT2D eigenvalue weighted by Gasteiger charge is 2.11. The smallest absolute Gasteiger partial charge is 0.165 e. The maximum atomic E-state index is 13.3. The molecule has 18 heavy (non-hydrogen) atoms. The van der Waals surface area contributed by atoms with Gasteiger partial charge in [-0.25, -0.2) is 8.78 Å². The molecule has 1 aromatic rings. The molecule has 102 valence electrons. The van der Waals surface area contributed by atoms with E-state index in [4.69, 9.17) is 4.74 Å². The molecule has 0 aromatic heterocycles. The molecule has 1 N–H and O–H groups in total. The Morgan fingerprint density at radius 2 is 1.89 bits per heavy atom. The topological polar surface area (TPSA) is 21.3 Å². The molecule has 0 amide bonds. The lowest BCUT2D eigenvalue weighted by Gasteiger charge is -2.20. The van der Waals surface area contributed by atoms with E-state index in [1.807, 2.05) is 6.92 Å². The van der Waals surface area contributed by atoms with Crippen LogP contribution in [0.2, 0.25) is 0 Å². The molecular weight excluding hydrogens is 236 g/mol. The van der Waals surface area contributed by atoms with Crippen molar-refractivity contribution in [2.75, 3.05) is 6.54 Å². The number of benzene rings is 1. The average molecular weight is 257 g/mol. The van der Waals surface area contributed by atoms with Gasteiger partial charge < -0.3 is 10.1 Å². The first-order valence-electron chi connectivity index (χ1n) is 6.41. The summed E-state index contributed by atoms with van der Waals surface area (Å²) in [6, 6.07) is 3.66. The van der Waals surface area contributed by atoms with Crippen LogP contribution < -0.4 is 10.1 Å². The lowest BCUT2D eigenvalue weighted by atomic mass is 10.1. The van der Waals surface area contributed by atoms with E-state index in [-0.39, 0.29) is 11.9 Å². The number of rotatable bonds is 7. The molecule has 0 saturated carbocycles. The van der Waals surface area contributed by atoms with Crippen LogP contribution in [-0.4, -0.2) is 18.7 Å². The molecule has 0 heterocycles. The van der Waals surface area contributed by atoms with Crippen LogP contribution in [0.25, 0.3) is 0 Å². The van der Waals surface area contributed by atoms with Crippen molar-refractivity contribution in [3.63, 3.8) is 0 Å². The fourth-order valence-electron chi connectivity index (χ4n) is 1.74. The minimum atomic E-state index is -0.536. The zero-order valence-corrected chi connectivity index (χ0v) is 11.2. The number of hydrogen-bond acceptors (Lipinski definition) is 2. The minimum Gasteiger partial charge on any atom is -0.486 e. The first-order valence-corrected chi connectivity index (χ1v) is 6.41. The SMILES string of the molecule is CCC(CC)NCC(C)Oc1cc(F)ccc1F. The molecule has 1 rings (SSSR count). The number of ether oxygens (including phenoxy) is 1. The van der Waals surface area contributed by atoms with E-state index in [9.17, 15) is 8.78 Å². The summed E-state index contributed by atoms with van der Waals surface area (Å²) in [6.45, 7) is 6.67. The third-order valence-electron chi connectivity index (χ3n) is 2.90. The van der Waals surface area contributed by atoms with E-state index >= 15 is 0 Å². The Morgan fingerprint density at radius 1 is 1.22 bits per heavy atom. The third kappa shape index (κ3) is 4.61. The van der Waals surface area contributed by atoms with Gasteiger partial charge in [-0.2, -0.15) is 0 Å². The Hall–Kier alpha value is -1.16. The van der Waals surface area contributed by atoms with Crippen LogP contribution in [-0.2, 0) is 0 Å². The monoisotopic (exact) mass is 257 g/mol. The fraction of sp³-hybridized carbons (Fsp3) is 0.571. The van der Waals surface area contributed by atoms with Crippen LogP contribution >= 0.6 is 0 Å². The molecule has 0 fully saturated rings. The van der Waals surface area contributed by atoms with E-state index in [2.05, 4.69) is 19.2 Å². The van der Waals surface area contributed by atoms with Gasteiger partial charge in [0, 0.05) is 18.7 Å². The average Bonchev–Trinajstić information content (AvgIpc) is 2.35. The van der Waals surface area contributed by atoms with Gasteiger partial charge in [0.1, 0.15) is 11.9 Å². The lowest BCUT2D eigenvalue weighted by Crippen LogP contribution is -2.36. The molecule has 0 bridgehead atoms. The van der Waals surface area contributed by atoms with E-state index in [0.29, 0.717) is 12.6 Å². The van der Waals surface area contributed by atoms with E-state index in [1.165, 1.54) is 0 Å². The van der Waals surface area contributed by atoms with Crippen LogP contribution in [0, 0.1) is 11.6 Å². The Bertz CT molecular complexity index is 367. The Balaban J connectivity index is 2.48. The summed E-state index contributed by atoms with van der Waals surface area (Å²) in [6.07, 6.45) is 1.87. The van der Waals surface area contributed by atoms with Gasteiger partial charge >= 0.3 is 0 Å². The van der Waals surface area contributed by atoms with Gasteiger partial charge in [0.05, 0.1) is 0 Å². The summed E-state index contributed by atoms with van der Waals surface area (Å²) in [5, 5.41) is 3.33. The zero-order chi connectivity index (χ0) is 13.5. The van der Waals surface area contributed by atoms with Crippen LogP contribution in [0.15, 0.2) is 18.2 Å². The summed E-state index contributed by atoms with van der Waals surface area (Å²) < 4.78 is 31.7. The van der Waals surface area contributed by atoms with Crippen LogP contribution in [0.4, 0.5) is 8.78 Å². The van der Waals surface area contributed by atoms with E-state index in [1.54, 1.807) is 0 Å². The van der Waals surface area contributed by atoms with Gasteiger partial charge in [0.15, 0.2) is 11.6 Å². The van der Waals surface area contributed by atoms with Crippen molar-refractivity contribution in [3.05, 3.63) is 29.8 Å². The predicted octanol–water partition coefficient (Wildman–Crippen LogP) is 3.51. The number of nitrogens with one attached hydrogen (secondary N) is 1. The molecule has 0 aliphatic carbocycles. The van der Waals surface area contributed by atoms with Gasteiger partial charge in [-0.15, -0.1) is 0 Å². The van der Waals surface area contributed by atoms with Crippen LogP contribution in [0.3, 0.4) is 0 Å². The fourth-order valence-corrected chi connectivity index (χ4v) is 1.74. The molecule has 0 spiro atoms. The second-order valence-corrected chi connectivity index (χ2v) is 4.42. The van der Waals surface area contributed by atoms with Crippen molar-refractivity contribution in [1.82, 2.24) is 5.32 Å². The molecule has 4 heteroatoms.